The number of amides is 2. The molecular formula is C36H57N2Na3O21. The number of ether oxygens (including phenoxy) is 9. The number of aliphatic carboxylic acids is 3. The van der Waals surface area contributed by atoms with Crippen LogP contribution in [0.15, 0.2) is 0 Å². The number of primary amides is 2. The number of carboxylic acid groups (broad SMARTS) is 3. The number of carbonyl (C=O) groups is 5. The number of aliphatic hydroxyl groups is 4. The minimum absolute atomic E-state index is 0. The summed E-state index contributed by atoms with van der Waals surface area (Å²) in [5.41, 5.74) is 10.8. The molecule has 0 aromatic carbocycles. The molecule has 340 valence electrons. The Bertz CT molecular complexity index is 1430. The SMILES string of the molecule is COCC1OC(C(=O)[O-])C(COCC2OC(C(=O)[O-])C(COCC3OC(C(=O)[O-])C(COC)C(OC(C)C(C)C(N)=O)C3O)C(O)C2O)C(O)C1OC(C)C(C)C(N)=O.[Na+].[Na+].[Na+]. The standard InChI is InChI=1S/C36H60N2O21.3Na/c1-13(32(37)43)15(3)55-27-19(7-51-5)30(36(49)50)58-21(26(27)42)12-53-8-17-23(39)25(41)20(57-28(17)34(45)46)11-54-9-18-24(40)31(56-16(4)14(2)33(38)44)22(10-52-6)59-29(18)35(47)48;;;/h13-31,39-42H,7-12H2,1-6H3,(H2,37,43)(H2,38,44)(H,45,46)(H,47,48)(H,49,50);;;/q;3*+1/p-3. The first-order valence-corrected chi connectivity index (χ1v) is 19.0. The van der Waals surface area contributed by atoms with Gasteiger partial charge in [-0.25, -0.2) is 0 Å². The molecule has 2 amide bonds. The van der Waals surface area contributed by atoms with Crippen molar-refractivity contribution < 1.29 is 191 Å². The van der Waals surface area contributed by atoms with Gasteiger partial charge in [0.15, 0.2) is 0 Å². The van der Waals surface area contributed by atoms with E-state index < -0.39 is 171 Å². The van der Waals surface area contributed by atoms with Crippen LogP contribution in [0, 0.1) is 29.6 Å². The maximum atomic E-state index is 12.2. The fourth-order valence-electron chi connectivity index (χ4n) is 7.23. The van der Waals surface area contributed by atoms with E-state index in [1.54, 1.807) is 0 Å². The molecule has 0 aliphatic carbocycles. The van der Waals surface area contributed by atoms with Crippen LogP contribution in [0.4, 0.5) is 0 Å². The zero-order chi connectivity index (χ0) is 44.5. The van der Waals surface area contributed by atoms with Crippen molar-refractivity contribution in [2.75, 3.05) is 53.9 Å². The molecular weight excluding hydrogens is 865 g/mol. The van der Waals surface area contributed by atoms with Crippen molar-refractivity contribution in [1.29, 1.82) is 0 Å². The Labute approximate surface area is 425 Å². The van der Waals surface area contributed by atoms with Gasteiger partial charge in [-0.3, -0.25) is 9.59 Å². The summed E-state index contributed by atoms with van der Waals surface area (Å²) in [6.07, 6.45) is -20.7. The summed E-state index contributed by atoms with van der Waals surface area (Å²) in [6.45, 7) is 2.98. The van der Waals surface area contributed by atoms with Crippen molar-refractivity contribution in [3.05, 3.63) is 0 Å². The number of carbonyl (C=O) groups excluding carboxylic acids is 5. The number of aliphatic hydroxyl groups excluding tert-OH is 4. The molecule has 3 aliphatic rings. The average Bonchev–Trinajstić information content (AvgIpc) is 3.17. The van der Waals surface area contributed by atoms with Gasteiger partial charge < -0.3 is 104 Å². The van der Waals surface area contributed by atoms with Crippen LogP contribution in [0.1, 0.15) is 27.7 Å². The van der Waals surface area contributed by atoms with E-state index >= 15 is 0 Å². The third-order valence-electron chi connectivity index (χ3n) is 11.2. The molecule has 19 unspecified atom stereocenters. The quantitative estimate of drug-likeness (QED) is 0.0518. The maximum Gasteiger partial charge on any atom is 1.00 e. The summed E-state index contributed by atoms with van der Waals surface area (Å²) >= 11 is 0. The zero-order valence-electron chi connectivity index (χ0n) is 36.6. The van der Waals surface area contributed by atoms with Gasteiger partial charge in [-0.15, -0.1) is 0 Å². The molecule has 0 spiro atoms. The Morgan fingerprint density at radius 1 is 0.516 bits per heavy atom. The second-order valence-electron chi connectivity index (χ2n) is 15.2. The van der Waals surface area contributed by atoms with Crippen LogP contribution in [0.2, 0.25) is 0 Å². The summed E-state index contributed by atoms with van der Waals surface area (Å²) in [7, 11) is 2.58. The van der Waals surface area contributed by atoms with Gasteiger partial charge in [0.2, 0.25) is 11.8 Å². The zero-order valence-corrected chi connectivity index (χ0v) is 42.6. The molecule has 19 atom stereocenters. The summed E-state index contributed by atoms with van der Waals surface area (Å²) in [6, 6.07) is 0. The van der Waals surface area contributed by atoms with Gasteiger partial charge in [-0.2, -0.15) is 0 Å². The molecule has 23 nitrogen and oxygen atoms in total. The number of hydrogen-bond donors (Lipinski definition) is 6. The van der Waals surface area contributed by atoms with Crippen molar-refractivity contribution >= 4 is 29.7 Å². The molecule has 3 fully saturated rings. The summed E-state index contributed by atoms with van der Waals surface area (Å²) in [4.78, 5) is 59.9. The fourth-order valence-corrected chi connectivity index (χ4v) is 7.23. The summed E-state index contributed by atoms with van der Waals surface area (Å²) in [5.74, 6) is -12.3. The molecule has 8 N–H and O–H groups in total. The summed E-state index contributed by atoms with van der Waals surface area (Å²) < 4.78 is 50.0. The molecule has 3 saturated heterocycles. The van der Waals surface area contributed by atoms with Crippen LogP contribution in [0.3, 0.4) is 0 Å². The van der Waals surface area contributed by atoms with Gasteiger partial charge in [-0.05, 0) is 13.8 Å². The van der Waals surface area contributed by atoms with E-state index in [9.17, 15) is 59.7 Å². The smallest absolute Gasteiger partial charge is 0.547 e. The number of rotatable bonds is 23. The molecule has 3 rings (SSSR count). The molecule has 0 saturated carbocycles. The Kier molecular flexibility index (Phi) is 28.8. The number of hydrogen-bond acceptors (Lipinski definition) is 21. The molecule has 26 heteroatoms. The van der Waals surface area contributed by atoms with Gasteiger partial charge >= 0.3 is 88.7 Å². The van der Waals surface area contributed by atoms with Gasteiger partial charge in [0.05, 0.1) is 99.9 Å². The average molecular weight is 923 g/mol. The first-order chi connectivity index (χ1) is 27.7. The van der Waals surface area contributed by atoms with Crippen LogP contribution in [0.25, 0.3) is 0 Å². The minimum Gasteiger partial charge on any atom is -0.547 e. The van der Waals surface area contributed by atoms with Gasteiger partial charge in [0.1, 0.15) is 54.9 Å². The Morgan fingerprint density at radius 3 is 1.29 bits per heavy atom. The Hall–Kier alpha value is -0.170. The first kappa shape index (κ1) is 61.8. The molecule has 3 heterocycles. The summed E-state index contributed by atoms with van der Waals surface area (Å²) in [5, 5.41) is 81.0. The Balaban J connectivity index is 0.0000124. The molecule has 62 heavy (non-hydrogen) atoms. The number of carboxylic acids is 3. The van der Waals surface area contributed by atoms with Crippen LogP contribution in [-0.4, -0.2) is 189 Å². The van der Waals surface area contributed by atoms with E-state index in [4.69, 9.17) is 54.1 Å². The fraction of sp³-hybridized carbons (Fsp3) is 0.861. The number of nitrogens with two attached hydrogens (primary N) is 2. The van der Waals surface area contributed by atoms with Crippen LogP contribution in [0.5, 0.6) is 0 Å². The van der Waals surface area contributed by atoms with Gasteiger partial charge in [0.25, 0.3) is 0 Å². The molecule has 0 aromatic rings. The number of methoxy groups -OCH3 is 2. The second-order valence-corrected chi connectivity index (χ2v) is 15.2. The van der Waals surface area contributed by atoms with E-state index in [0.29, 0.717) is 0 Å². The predicted molar refractivity (Wildman–Crippen MR) is 186 cm³/mol. The topological polar surface area (TPSA) is 371 Å². The molecule has 0 aromatic heterocycles. The normalized spacial score (nSPS) is 35.4. The van der Waals surface area contributed by atoms with Crippen LogP contribution >= 0.6 is 0 Å². The van der Waals surface area contributed by atoms with Crippen molar-refractivity contribution in [1.82, 2.24) is 0 Å². The second kappa shape index (κ2) is 28.9. The van der Waals surface area contributed by atoms with Crippen molar-refractivity contribution in [3.8, 4) is 0 Å². The van der Waals surface area contributed by atoms with Gasteiger partial charge in [0, 0.05) is 32.0 Å². The van der Waals surface area contributed by atoms with E-state index in [-0.39, 0.29) is 102 Å². The van der Waals surface area contributed by atoms with E-state index in [1.807, 2.05) is 0 Å². The monoisotopic (exact) mass is 922 g/mol. The van der Waals surface area contributed by atoms with E-state index in [0.717, 1.165) is 0 Å². The molecule has 0 radical (unpaired) electrons. The van der Waals surface area contributed by atoms with Crippen molar-refractivity contribution in [3.63, 3.8) is 0 Å². The largest absolute Gasteiger partial charge is 1.00 e. The minimum atomic E-state index is -1.94. The van der Waals surface area contributed by atoms with E-state index in [2.05, 4.69) is 0 Å². The van der Waals surface area contributed by atoms with Crippen molar-refractivity contribution in [2.24, 2.45) is 41.1 Å². The molecule has 0 bridgehead atoms. The van der Waals surface area contributed by atoms with E-state index in [1.165, 1.54) is 41.9 Å². The first-order valence-electron chi connectivity index (χ1n) is 19.0. The van der Waals surface area contributed by atoms with Crippen molar-refractivity contribution in [2.45, 2.75) is 113 Å². The molecule has 3 aliphatic heterocycles. The van der Waals surface area contributed by atoms with Gasteiger partial charge in [-0.1, -0.05) is 13.8 Å². The van der Waals surface area contributed by atoms with Crippen LogP contribution < -0.4 is 115 Å². The maximum absolute atomic E-state index is 12.2. The third kappa shape index (κ3) is 16.0. The predicted octanol–water partition coefficient (Wildman–Crippen LogP) is -17.0. The third-order valence-corrected chi connectivity index (χ3v) is 11.2. The Morgan fingerprint density at radius 2 is 0.887 bits per heavy atom. The van der Waals surface area contributed by atoms with Crippen LogP contribution in [-0.2, 0) is 66.6 Å².